The van der Waals surface area contributed by atoms with Gasteiger partial charge in [-0.1, -0.05) is 0 Å². The average Bonchev–Trinajstić information content (AvgIpc) is 2.99. The fraction of sp³-hybridized carbons (Fsp3) is 0.933. The highest BCUT2D eigenvalue weighted by Gasteiger charge is 2.34. The summed E-state index contributed by atoms with van der Waals surface area (Å²) >= 11 is 0. The Morgan fingerprint density at radius 2 is 2.05 bits per heavy atom. The molecule has 3 heterocycles. The normalized spacial score (nSPS) is 39.2. The fourth-order valence-corrected chi connectivity index (χ4v) is 4.01. The van der Waals surface area contributed by atoms with E-state index < -0.39 is 0 Å². The molecule has 4 nitrogen and oxygen atoms in total. The number of rotatable bonds is 4. The van der Waals surface area contributed by atoms with Gasteiger partial charge in [0.2, 0.25) is 5.91 Å². The largest absolute Gasteiger partial charge is 0.376 e. The van der Waals surface area contributed by atoms with E-state index in [2.05, 4.69) is 17.6 Å². The van der Waals surface area contributed by atoms with E-state index in [4.69, 9.17) is 4.74 Å². The van der Waals surface area contributed by atoms with Crippen molar-refractivity contribution in [1.82, 2.24) is 10.6 Å². The van der Waals surface area contributed by atoms with Gasteiger partial charge in [-0.3, -0.25) is 4.79 Å². The van der Waals surface area contributed by atoms with Gasteiger partial charge in [0, 0.05) is 25.1 Å². The van der Waals surface area contributed by atoms with Crippen molar-refractivity contribution in [1.29, 1.82) is 0 Å². The first kappa shape index (κ1) is 13.4. The third-order valence-electron chi connectivity index (χ3n) is 4.96. The van der Waals surface area contributed by atoms with Crippen LogP contribution in [0.2, 0.25) is 0 Å². The van der Waals surface area contributed by atoms with Crippen LogP contribution in [-0.4, -0.2) is 36.7 Å². The monoisotopic (exact) mass is 266 g/mol. The zero-order valence-corrected chi connectivity index (χ0v) is 11.9. The number of carbonyl (C=O) groups excluding carboxylic acids is 1. The molecule has 3 fully saturated rings. The van der Waals surface area contributed by atoms with Crippen molar-refractivity contribution in [3.8, 4) is 0 Å². The SMILES string of the molecule is CC(NC(=O)CC1CC2CCC(C1)N2)C1CCCO1. The molecule has 0 aromatic rings. The van der Waals surface area contributed by atoms with E-state index in [-0.39, 0.29) is 18.1 Å². The van der Waals surface area contributed by atoms with Crippen LogP contribution in [0.15, 0.2) is 0 Å². The van der Waals surface area contributed by atoms with Gasteiger partial charge in [-0.05, 0) is 51.4 Å². The van der Waals surface area contributed by atoms with Gasteiger partial charge >= 0.3 is 0 Å². The second-order valence-electron chi connectivity index (χ2n) is 6.59. The first-order chi connectivity index (χ1) is 9.20. The lowest BCUT2D eigenvalue weighted by molar-refractivity contribution is -0.123. The van der Waals surface area contributed by atoms with Crippen LogP contribution in [0, 0.1) is 5.92 Å². The minimum absolute atomic E-state index is 0.161. The lowest BCUT2D eigenvalue weighted by Crippen LogP contribution is -2.43. The van der Waals surface area contributed by atoms with Crippen LogP contribution in [0.5, 0.6) is 0 Å². The van der Waals surface area contributed by atoms with Crippen molar-refractivity contribution >= 4 is 5.91 Å². The van der Waals surface area contributed by atoms with Crippen molar-refractivity contribution < 1.29 is 9.53 Å². The average molecular weight is 266 g/mol. The Balaban J connectivity index is 1.43. The second kappa shape index (κ2) is 5.80. The Kier molecular flexibility index (Phi) is 4.08. The van der Waals surface area contributed by atoms with E-state index in [1.54, 1.807) is 0 Å². The van der Waals surface area contributed by atoms with Gasteiger partial charge in [-0.2, -0.15) is 0 Å². The molecule has 4 unspecified atom stereocenters. The topological polar surface area (TPSA) is 50.4 Å². The molecule has 4 heteroatoms. The molecule has 2 N–H and O–H groups in total. The van der Waals surface area contributed by atoms with Crippen molar-refractivity contribution in [2.24, 2.45) is 5.92 Å². The molecule has 0 radical (unpaired) electrons. The summed E-state index contributed by atoms with van der Waals surface area (Å²) in [6.45, 7) is 2.92. The Hall–Kier alpha value is -0.610. The van der Waals surface area contributed by atoms with Crippen LogP contribution in [0.25, 0.3) is 0 Å². The molecule has 0 aromatic heterocycles. The smallest absolute Gasteiger partial charge is 0.220 e. The summed E-state index contributed by atoms with van der Waals surface area (Å²) in [5, 5.41) is 6.76. The van der Waals surface area contributed by atoms with Crippen LogP contribution in [-0.2, 0) is 9.53 Å². The molecular weight excluding hydrogens is 240 g/mol. The molecule has 3 saturated heterocycles. The standard InChI is InChI=1S/C15H26N2O2/c1-10(14-3-2-6-19-14)16-15(18)9-11-7-12-4-5-13(8-11)17-12/h10-14,17H,2-9H2,1H3,(H,16,18). The Morgan fingerprint density at radius 3 is 2.68 bits per heavy atom. The molecule has 3 aliphatic heterocycles. The predicted octanol–water partition coefficient (Wildman–Crippen LogP) is 1.59. The van der Waals surface area contributed by atoms with Crippen LogP contribution < -0.4 is 10.6 Å². The lowest BCUT2D eigenvalue weighted by atomic mass is 9.89. The van der Waals surface area contributed by atoms with Crippen molar-refractivity contribution in [2.45, 2.75) is 76.1 Å². The highest BCUT2D eigenvalue weighted by atomic mass is 16.5. The Labute approximate surface area is 115 Å². The molecule has 0 saturated carbocycles. The zero-order valence-electron chi connectivity index (χ0n) is 11.9. The van der Waals surface area contributed by atoms with Crippen molar-refractivity contribution in [2.75, 3.05) is 6.61 Å². The quantitative estimate of drug-likeness (QED) is 0.812. The van der Waals surface area contributed by atoms with Crippen molar-refractivity contribution in [3.63, 3.8) is 0 Å². The van der Waals surface area contributed by atoms with E-state index in [0.29, 0.717) is 24.4 Å². The zero-order chi connectivity index (χ0) is 13.2. The maximum Gasteiger partial charge on any atom is 0.220 e. The molecule has 0 spiro atoms. The van der Waals surface area contributed by atoms with Gasteiger partial charge in [-0.25, -0.2) is 0 Å². The number of amides is 1. The first-order valence-electron chi connectivity index (χ1n) is 7.87. The number of hydrogen-bond donors (Lipinski definition) is 2. The highest BCUT2D eigenvalue weighted by Crippen LogP contribution is 2.32. The molecule has 1 amide bonds. The van der Waals surface area contributed by atoms with Crippen LogP contribution in [0.3, 0.4) is 0 Å². The van der Waals surface area contributed by atoms with Crippen LogP contribution in [0.4, 0.5) is 0 Å². The fourth-order valence-electron chi connectivity index (χ4n) is 4.01. The molecule has 19 heavy (non-hydrogen) atoms. The molecule has 3 rings (SSSR count). The molecular formula is C15H26N2O2. The molecule has 108 valence electrons. The lowest BCUT2D eigenvalue weighted by Gasteiger charge is -2.29. The van der Waals surface area contributed by atoms with Gasteiger partial charge < -0.3 is 15.4 Å². The van der Waals surface area contributed by atoms with Gasteiger partial charge in [0.15, 0.2) is 0 Å². The van der Waals surface area contributed by atoms with Gasteiger partial charge in [0.1, 0.15) is 0 Å². The van der Waals surface area contributed by atoms with E-state index >= 15 is 0 Å². The first-order valence-corrected chi connectivity index (χ1v) is 7.87. The number of carbonyl (C=O) groups is 1. The molecule has 2 bridgehead atoms. The summed E-state index contributed by atoms with van der Waals surface area (Å²) in [4.78, 5) is 12.1. The predicted molar refractivity (Wildman–Crippen MR) is 73.9 cm³/mol. The highest BCUT2D eigenvalue weighted by molar-refractivity contribution is 5.76. The van der Waals surface area contributed by atoms with E-state index in [9.17, 15) is 4.79 Å². The maximum absolute atomic E-state index is 12.1. The summed E-state index contributed by atoms with van der Waals surface area (Å²) in [6, 6.07) is 1.51. The third kappa shape index (κ3) is 3.29. The summed E-state index contributed by atoms with van der Waals surface area (Å²) in [5.74, 6) is 0.796. The molecule has 4 atom stereocenters. The minimum atomic E-state index is 0.161. The van der Waals surface area contributed by atoms with Gasteiger partial charge in [0.05, 0.1) is 12.1 Å². The van der Waals surface area contributed by atoms with E-state index in [1.165, 1.54) is 25.7 Å². The second-order valence-corrected chi connectivity index (χ2v) is 6.59. The number of fused-ring (bicyclic) bond motifs is 2. The van der Waals surface area contributed by atoms with Gasteiger partial charge in [0.25, 0.3) is 0 Å². The molecule has 3 aliphatic rings. The molecule has 0 aromatic carbocycles. The third-order valence-corrected chi connectivity index (χ3v) is 4.96. The van der Waals surface area contributed by atoms with Gasteiger partial charge in [-0.15, -0.1) is 0 Å². The Morgan fingerprint density at radius 1 is 1.32 bits per heavy atom. The van der Waals surface area contributed by atoms with Crippen molar-refractivity contribution in [3.05, 3.63) is 0 Å². The Bertz CT molecular complexity index is 316. The van der Waals surface area contributed by atoms with E-state index in [1.807, 2.05) is 0 Å². The summed E-state index contributed by atoms with van der Waals surface area (Å²) in [5.41, 5.74) is 0. The number of piperidine rings is 1. The summed E-state index contributed by atoms with van der Waals surface area (Å²) in [6.07, 6.45) is 8.10. The molecule has 0 aliphatic carbocycles. The van der Waals surface area contributed by atoms with E-state index in [0.717, 1.165) is 19.4 Å². The minimum Gasteiger partial charge on any atom is -0.376 e. The summed E-state index contributed by atoms with van der Waals surface area (Å²) < 4.78 is 5.62. The number of ether oxygens (including phenoxy) is 1. The summed E-state index contributed by atoms with van der Waals surface area (Å²) in [7, 11) is 0. The van der Waals surface area contributed by atoms with Crippen LogP contribution in [0.1, 0.15) is 51.9 Å². The number of hydrogen-bond acceptors (Lipinski definition) is 3. The van der Waals surface area contributed by atoms with Crippen LogP contribution >= 0.6 is 0 Å². The number of nitrogens with one attached hydrogen (secondary N) is 2. The maximum atomic E-state index is 12.1.